The minimum Gasteiger partial charge on any atom is -0.493 e. The predicted molar refractivity (Wildman–Crippen MR) is 104 cm³/mol. The quantitative estimate of drug-likeness (QED) is 0.733. The number of aryl methyl sites for hydroxylation is 1. The molecule has 0 atom stereocenters. The zero-order chi connectivity index (χ0) is 20.0. The molecule has 0 unspecified atom stereocenters. The maximum Gasteiger partial charge on any atom is 0.336 e. The van der Waals surface area contributed by atoms with Crippen LogP contribution in [0.4, 0.5) is 5.69 Å². The van der Waals surface area contributed by atoms with Gasteiger partial charge in [0.2, 0.25) is 0 Å². The van der Waals surface area contributed by atoms with Crippen molar-refractivity contribution in [2.45, 2.75) is 20.8 Å². The Kier molecular flexibility index (Phi) is 6.58. The number of anilines is 1. The highest BCUT2D eigenvalue weighted by Gasteiger charge is 2.19. The number of methoxy groups -OCH3 is 1. The molecule has 2 aromatic carbocycles. The fourth-order valence-corrected chi connectivity index (χ4v) is 2.58. The van der Waals surface area contributed by atoms with Crippen molar-refractivity contribution >= 4 is 17.6 Å². The predicted octanol–water partition coefficient (Wildman–Crippen LogP) is 4.00. The average molecular weight is 371 g/mol. The molecule has 0 fully saturated rings. The first-order valence-corrected chi connectivity index (χ1v) is 8.59. The molecule has 0 heterocycles. The Bertz CT molecular complexity index is 812. The molecule has 2 rings (SSSR count). The van der Waals surface area contributed by atoms with E-state index in [4.69, 9.17) is 9.47 Å². The molecule has 27 heavy (non-hydrogen) atoms. The second kappa shape index (κ2) is 8.68. The summed E-state index contributed by atoms with van der Waals surface area (Å²) in [6, 6.07) is 11.6. The standard InChI is InChI=1S/C21H25NO5/c1-14-5-10-17(20(24)25)18(11-14)19(23)22-15-6-8-16(9-7-15)27-13-21(2,3)12-26-4/h5-11H,12-13H2,1-4H3,(H,22,23)(H,24,25). The van der Waals surface area contributed by atoms with Gasteiger partial charge in [-0.2, -0.15) is 0 Å². The number of nitrogens with one attached hydrogen (secondary N) is 1. The first-order valence-electron chi connectivity index (χ1n) is 8.59. The minimum absolute atomic E-state index is 0.0292. The van der Waals surface area contributed by atoms with Gasteiger partial charge in [-0.15, -0.1) is 0 Å². The van der Waals surface area contributed by atoms with Gasteiger partial charge >= 0.3 is 5.97 Å². The van der Waals surface area contributed by atoms with Crippen LogP contribution >= 0.6 is 0 Å². The molecule has 0 bridgehead atoms. The molecule has 0 aliphatic rings. The number of amides is 1. The Balaban J connectivity index is 2.05. The number of benzene rings is 2. The fourth-order valence-electron chi connectivity index (χ4n) is 2.58. The molecule has 6 heteroatoms. The van der Waals surface area contributed by atoms with Gasteiger partial charge < -0.3 is 19.9 Å². The van der Waals surface area contributed by atoms with Crippen LogP contribution in [0.2, 0.25) is 0 Å². The van der Waals surface area contributed by atoms with E-state index in [0.717, 1.165) is 5.56 Å². The summed E-state index contributed by atoms with van der Waals surface area (Å²) in [5.41, 5.74) is 1.36. The molecule has 0 saturated carbocycles. The van der Waals surface area contributed by atoms with Crippen molar-refractivity contribution in [2.24, 2.45) is 5.41 Å². The van der Waals surface area contributed by atoms with Crippen LogP contribution in [0.15, 0.2) is 42.5 Å². The highest BCUT2D eigenvalue weighted by Crippen LogP contribution is 2.21. The SMILES string of the molecule is COCC(C)(C)COc1ccc(NC(=O)c2cc(C)ccc2C(=O)O)cc1. The molecule has 0 radical (unpaired) electrons. The number of carboxylic acid groups (broad SMARTS) is 1. The first kappa shape index (κ1) is 20.5. The van der Waals surface area contributed by atoms with Gasteiger partial charge in [0.05, 0.1) is 24.3 Å². The number of aromatic carboxylic acids is 1. The Labute approximate surface area is 159 Å². The number of carbonyl (C=O) groups is 2. The Morgan fingerprint density at radius 1 is 1.04 bits per heavy atom. The van der Waals surface area contributed by atoms with Gasteiger partial charge in [0.1, 0.15) is 5.75 Å². The number of carbonyl (C=O) groups excluding carboxylic acids is 1. The van der Waals surface area contributed by atoms with Crippen molar-refractivity contribution in [3.05, 3.63) is 59.2 Å². The summed E-state index contributed by atoms with van der Waals surface area (Å²) in [7, 11) is 1.66. The minimum atomic E-state index is -1.14. The van der Waals surface area contributed by atoms with Gasteiger partial charge in [0.15, 0.2) is 0 Å². The molecule has 0 aliphatic carbocycles. The Hall–Kier alpha value is -2.86. The molecule has 2 N–H and O–H groups in total. The van der Waals surface area contributed by atoms with Gasteiger partial charge in [-0.3, -0.25) is 4.79 Å². The zero-order valence-electron chi connectivity index (χ0n) is 16.0. The van der Waals surface area contributed by atoms with Crippen LogP contribution in [0.5, 0.6) is 5.75 Å². The molecular weight excluding hydrogens is 346 g/mol. The average Bonchev–Trinajstić information content (AvgIpc) is 2.60. The number of hydrogen-bond acceptors (Lipinski definition) is 4. The van der Waals surface area contributed by atoms with E-state index in [0.29, 0.717) is 24.7 Å². The van der Waals surface area contributed by atoms with Crippen LogP contribution in [0.3, 0.4) is 0 Å². The van der Waals surface area contributed by atoms with E-state index >= 15 is 0 Å². The van der Waals surface area contributed by atoms with E-state index in [9.17, 15) is 14.7 Å². The highest BCUT2D eigenvalue weighted by atomic mass is 16.5. The number of carboxylic acids is 1. The van der Waals surface area contributed by atoms with Crippen molar-refractivity contribution in [1.82, 2.24) is 0 Å². The number of hydrogen-bond donors (Lipinski definition) is 2. The molecule has 144 valence electrons. The third kappa shape index (κ3) is 5.82. The van der Waals surface area contributed by atoms with E-state index in [-0.39, 0.29) is 16.5 Å². The van der Waals surface area contributed by atoms with Gasteiger partial charge in [-0.1, -0.05) is 25.5 Å². The second-order valence-corrected chi connectivity index (χ2v) is 7.22. The summed E-state index contributed by atoms with van der Waals surface area (Å²) < 4.78 is 10.9. The third-order valence-electron chi connectivity index (χ3n) is 3.93. The lowest BCUT2D eigenvalue weighted by Gasteiger charge is -2.23. The van der Waals surface area contributed by atoms with Gasteiger partial charge in [0.25, 0.3) is 5.91 Å². The molecule has 0 spiro atoms. The van der Waals surface area contributed by atoms with E-state index in [2.05, 4.69) is 5.32 Å². The van der Waals surface area contributed by atoms with Crippen LogP contribution in [0.25, 0.3) is 0 Å². The maximum atomic E-state index is 12.5. The maximum absolute atomic E-state index is 12.5. The summed E-state index contributed by atoms with van der Waals surface area (Å²) in [4.78, 5) is 23.8. The van der Waals surface area contributed by atoms with Crippen molar-refractivity contribution in [3.63, 3.8) is 0 Å². The Morgan fingerprint density at radius 3 is 2.30 bits per heavy atom. The van der Waals surface area contributed by atoms with Crippen LogP contribution in [-0.2, 0) is 4.74 Å². The lowest BCUT2D eigenvalue weighted by molar-refractivity contribution is 0.0644. The van der Waals surface area contributed by atoms with E-state index in [1.807, 2.05) is 13.8 Å². The smallest absolute Gasteiger partial charge is 0.336 e. The summed E-state index contributed by atoms with van der Waals surface area (Å²) in [6.45, 7) is 6.99. The van der Waals surface area contributed by atoms with Crippen LogP contribution in [0.1, 0.15) is 40.1 Å². The third-order valence-corrected chi connectivity index (χ3v) is 3.93. The van der Waals surface area contributed by atoms with Crippen molar-refractivity contribution in [3.8, 4) is 5.75 Å². The molecular formula is C21H25NO5. The van der Waals surface area contributed by atoms with Crippen molar-refractivity contribution in [1.29, 1.82) is 0 Å². The molecule has 6 nitrogen and oxygen atoms in total. The monoisotopic (exact) mass is 371 g/mol. The molecule has 0 saturated heterocycles. The summed E-state index contributed by atoms with van der Waals surface area (Å²) in [5.74, 6) is -0.924. The van der Waals surface area contributed by atoms with Crippen LogP contribution in [0, 0.1) is 12.3 Å². The summed E-state index contributed by atoms with van der Waals surface area (Å²) in [5, 5.41) is 12.0. The fraction of sp³-hybridized carbons (Fsp3) is 0.333. The lowest BCUT2D eigenvalue weighted by atomic mass is 9.96. The largest absolute Gasteiger partial charge is 0.493 e. The second-order valence-electron chi connectivity index (χ2n) is 7.22. The summed E-state index contributed by atoms with van der Waals surface area (Å²) >= 11 is 0. The number of rotatable bonds is 8. The van der Waals surface area contributed by atoms with Gasteiger partial charge in [-0.25, -0.2) is 4.79 Å². The van der Waals surface area contributed by atoms with Crippen molar-refractivity contribution in [2.75, 3.05) is 25.6 Å². The van der Waals surface area contributed by atoms with Crippen molar-refractivity contribution < 1.29 is 24.2 Å². The number of ether oxygens (including phenoxy) is 2. The first-order chi connectivity index (χ1) is 12.7. The summed E-state index contributed by atoms with van der Waals surface area (Å²) in [6.07, 6.45) is 0. The topological polar surface area (TPSA) is 84.9 Å². The van der Waals surface area contributed by atoms with Gasteiger partial charge in [-0.05, 0) is 43.3 Å². The van der Waals surface area contributed by atoms with E-state index in [1.165, 1.54) is 6.07 Å². The highest BCUT2D eigenvalue weighted by molar-refractivity contribution is 6.10. The van der Waals surface area contributed by atoms with E-state index < -0.39 is 11.9 Å². The van der Waals surface area contributed by atoms with E-state index in [1.54, 1.807) is 50.4 Å². The molecule has 1 amide bonds. The lowest BCUT2D eigenvalue weighted by Crippen LogP contribution is -2.26. The Morgan fingerprint density at radius 2 is 1.70 bits per heavy atom. The van der Waals surface area contributed by atoms with Crippen LogP contribution in [-0.4, -0.2) is 37.3 Å². The normalized spacial score (nSPS) is 11.1. The van der Waals surface area contributed by atoms with Crippen LogP contribution < -0.4 is 10.1 Å². The van der Waals surface area contributed by atoms with Gasteiger partial charge in [0, 0.05) is 18.2 Å². The zero-order valence-corrected chi connectivity index (χ0v) is 16.0. The molecule has 0 aromatic heterocycles. The molecule has 2 aromatic rings. The molecule has 0 aliphatic heterocycles.